The van der Waals surface area contributed by atoms with E-state index in [2.05, 4.69) is 41.5 Å². The topological polar surface area (TPSA) is 68.9 Å². The van der Waals surface area contributed by atoms with Crippen LogP contribution in [0.4, 0.5) is 0 Å². The number of methoxy groups -OCH3 is 2. The molecule has 7 heteroatoms. The largest absolute Gasteiger partial charge is 0.493 e. The smallest absolute Gasteiger partial charge is 0.188 e. The Bertz CT molecular complexity index is 724. The number of nitrogens with one attached hydrogen (secondary N) is 1. The molecule has 3 N–H and O–H groups in total. The highest BCUT2D eigenvalue weighted by molar-refractivity contribution is 14.0. The summed E-state index contributed by atoms with van der Waals surface area (Å²) in [5.74, 6) is 2.88. The number of guanidine groups is 1. The van der Waals surface area contributed by atoms with Crippen molar-refractivity contribution in [2.45, 2.75) is 18.2 Å². The van der Waals surface area contributed by atoms with E-state index in [1.54, 1.807) is 26.0 Å². The zero-order chi connectivity index (χ0) is 18.8. The normalized spacial score (nSPS) is 10.9. The van der Waals surface area contributed by atoms with Crippen molar-refractivity contribution in [3.63, 3.8) is 0 Å². The van der Waals surface area contributed by atoms with E-state index in [4.69, 9.17) is 15.2 Å². The first-order chi connectivity index (χ1) is 12.6. The Hall–Kier alpha value is -1.61. The summed E-state index contributed by atoms with van der Waals surface area (Å²) in [7, 11) is 3.27. The van der Waals surface area contributed by atoms with Gasteiger partial charge in [0.2, 0.25) is 0 Å². The number of aryl methyl sites for hydroxylation is 1. The second-order valence-corrected chi connectivity index (χ2v) is 6.96. The number of rotatable bonds is 9. The fourth-order valence-electron chi connectivity index (χ4n) is 2.38. The first-order valence-electron chi connectivity index (χ1n) is 8.56. The van der Waals surface area contributed by atoms with Crippen LogP contribution in [-0.2, 0) is 6.42 Å². The zero-order valence-electron chi connectivity index (χ0n) is 16.0. The molecule has 0 saturated heterocycles. The highest BCUT2D eigenvalue weighted by atomic mass is 127. The zero-order valence-corrected chi connectivity index (χ0v) is 19.2. The number of nitrogens with two attached hydrogens (primary N) is 1. The van der Waals surface area contributed by atoms with Crippen LogP contribution in [0.15, 0.2) is 52.4 Å². The van der Waals surface area contributed by atoms with Gasteiger partial charge in [-0.05, 0) is 43.2 Å². The maximum atomic E-state index is 5.92. The Labute approximate surface area is 183 Å². The molecule has 2 aromatic rings. The van der Waals surface area contributed by atoms with Crippen LogP contribution >= 0.6 is 35.7 Å². The molecule has 0 amide bonds. The summed E-state index contributed by atoms with van der Waals surface area (Å²) in [5, 5.41) is 3.15. The summed E-state index contributed by atoms with van der Waals surface area (Å²) in [6.45, 7) is 3.50. The monoisotopic (exact) mass is 501 g/mol. The van der Waals surface area contributed by atoms with Crippen molar-refractivity contribution < 1.29 is 9.47 Å². The van der Waals surface area contributed by atoms with Gasteiger partial charge in [0.05, 0.1) is 14.2 Å². The molecule has 0 aliphatic carbocycles. The van der Waals surface area contributed by atoms with E-state index in [-0.39, 0.29) is 24.0 Å². The molecule has 148 valence electrons. The van der Waals surface area contributed by atoms with E-state index in [0.29, 0.717) is 12.5 Å². The fourth-order valence-corrected chi connectivity index (χ4v) is 3.15. The molecule has 0 bridgehead atoms. The van der Waals surface area contributed by atoms with Crippen LogP contribution in [0, 0.1) is 6.92 Å². The van der Waals surface area contributed by atoms with Crippen molar-refractivity contribution in [1.82, 2.24) is 5.32 Å². The predicted octanol–water partition coefficient (Wildman–Crippen LogP) is 3.87. The second kappa shape index (κ2) is 12.7. The molecule has 5 nitrogen and oxygen atoms in total. The highest BCUT2D eigenvalue weighted by Gasteiger charge is 2.04. The van der Waals surface area contributed by atoms with Crippen molar-refractivity contribution in [2.24, 2.45) is 10.7 Å². The van der Waals surface area contributed by atoms with E-state index in [1.165, 1.54) is 10.5 Å². The Balaban J connectivity index is 0.00000364. The summed E-state index contributed by atoms with van der Waals surface area (Å²) in [6, 6.07) is 14.4. The first kappa shape index (κ1) is 23.4. The van der Waals surface area contributed by atoms with Crippen LogP contribution in [0.2, 0.25) is 0 Å². The van der Waals surface area contributed by atoms with E-state index in [0.717, 1.165) is 35.8 Å². The molecular weight excluding hydrogens is 473 g/mol. The fraction of sp³-hybridized carbons (Fsp3) is 0.350. The first-order valence-corrected chi connectivity index (χ1v) is 9.55. The Morgan fingerprint density at radius 3 is 2.44 bits per heavy atom. The molecule has 0 fully saturated rings. The summed E-state index contributed by atoms with van der Waals surface area (Å²) in [4.78, 5) is 5.64. The van der Waals surface area contributed by atoms with Gasteiger partial charge in [-0.2, -0.15) is 0 Å². The van der Waals surface area contributed by atoms with Gasteiger partial charge in [0, 0.05) is 23.7 Å². The standard InChI is InChI=1S/C20H27N3O2S.HI/c1-15-4-7-17(8-5-15)26-13-12-23-20(21)22-11-10-16-6-9-18(24-2)19(14-16)25-3;/h4-9,14H,10-13H2,1-3H3,(H3,21,22,23);1H. The SMILES string of the molecule is COc1ccc(CCN=C(N)NCCSc2ccc(C)cc2)cc1OC.I. The second-order valence-electron chi connectivity index (χ2n) is 5.79. The van der Waals surface area contributed by atoms with Gasteiger partial charge in [-0.15, -0.1) is 35.7 Å². The lowest BCUT2D eigenvalue weighted by atomic mass is 10.1. The maximum absolute atomic E-state index is 5.92. The van der Waals surface area contributed by atoms with Crippen molar-refractivity contribution in [2.75, 3.05) is 33.1 Å². The number of hydrogen-bond donors (Lipinski definition) is 2. The van der Waals surface area contributed by atoms with Crippen LogP contribution in [0.3, 0.4) is 0 Å². The van der Waals surface area contributed by atoms with Crippen LogP contribution in [0.25, 0.3) is 0 Å². The van der Waals surface area contributed by atoms with E-state index in [1.807, 2.05) is 18.2 Å². The minimum absolute atomic E-state index is 0. The van der Waals surface area contributed by atoms with Gasteiger partial charge in [-0.25, -0.2) is 0 Å². The highest BCUT2D eigenvalue weighted by Crippen LogP contribution is 2.27. The molecule has 0 aromatic heterocycles. The quantitative estimate of drug-likeness (QED) is 0.180. The minimum Gasteiger partial charge on any atom is -0.493 e. The lowest BCUT2D eigenvalue weighted by Crippen LogP contribution is -2.33. The Kier molecular flexibility index (Phi) is 11.0. The van der Waals surface area contributed by atoms with Crippen LogP contribution in [-0.4, -0.2) is 39.0 Å². The van der Waals surface area contributed by atoms with Gasteiger partial charge in [-0.1, -0.05) is 23.8 Å². The summed E-state index contributed by atoms with van der Waals surface area (Å²) in [6.07, 6.45) is 0.793. The summed E-state index contributed by atoms with van der Waals surface area (Å²) >= 11 is 1.80. The summed E-state index contributed by atoms with van der Waals surface area (Å²) < 4.78 is 10.6. The number of benzene rings is 2. The Morgan fingerprint density at radius 2 is 1.78 bits per heavy atom. The van der Waals surface area contributed by atoms with Crippen molar-refractivity contribution in [3.8, 4) is 11.5 Å². The number of nitrogens with zero attached hydrogens (tertiary/aromatic N) is 1. The van der Waals surface area contributed by atoms with Gasteiger partial charge in [0.25, 0.3) is 0 Å². The van der Waals surface area contributed by atoms with Gasteiger partial charge >= 0.3 is 0 Å². The van der Waals surface area contributed by atoms with Gasteiger partial charge in [0.1, 0.15) is 0 Å². The van der Waals surface area contributed by atoms with E-state index >= 15 is 0 Å². The van der Waals surface area contributed by atoms with Gasteiger partial charge < -0.3 is 20.5 Å². The van der Waals surface area contributed by atoms with Crippen molar-refractivity contribution >= 4 is 41.7 Å². The average Bonchev–Trinajstić information content (AvgIpc) is 2.66. The maximum Gasteiger partial charge on any atom is 0.188 e. The number of halogens is 1. The number of hydrogen-bond acceptors (Lipinski definition) is 4. The average molecular weight is 501 g/mol. The minimum atomic E-state index is 0. The van der Waals surface area contributed by atoms with E-state index in [9.17, 15) is 0 Å². The third-order valence-corrected chi connectivity index (χ3v) is 4.84. The predicted molar refractivity (Wildman–Crippen MR) is 125 cm³/mol. The molecule has 0 saturated carbocycles. The van der Waals surface area contributed by atoms with Crippen LogP contribution < -0.4 is 20.5 Å². The Morgan fingerprint density at radius 1 is 1.07 bits per heavy atom. The van der Waals surface area contributed by atoms with Crippen LogP contribution in [0.1, 0.15) is 11.1 Å². The van der Waals surface area contributed by atoms with Gasteiger partial charge in [0.15, 0.2) is 17.5 Å². The molecule has 0 aliphatic heterocycles. The lowest BCUT2D eigenvalue weighted by molar-refractivity contribution is 0.354. The van der Waals surface area contributed by atoms with Crippen LogP contribution in [0.5, 0.6) is 11.5 Å². The molecular formula is C20H28IN3O2S. The molecule has 2 aromatic carbocycles. The number of thioether (sulfide) groups is 1. The molecule has 27 heavy (non-hydrogen) atoms. The van der Waals surface area contributed by atoms with Crippen molar-refractivity contribution in [3.05, 3.63) is 53.6 Å². The molecule has 0 unspecified atom stereocenters. The third kappa shape index (κ3) is 8.30. The molecule has 0 aliphatic rings. The number of aliphatic imine (C=N–C) groups is 1. The molecule has 0 heterocycles. The molecule has 2 rings (SSSR count). The molecule has 0 atom stereocenters. The lowest BCUT2D eigenvalue weighted by Gasteiger charge is -2.09. The van der Waals surface area contributed by atoms with Gasteiger partial charge in [-0.3, -0.25) is 4.99 Å². The third-order valence-electron chi connectivity index (χ3n) is 3.83. The van der Waals surface area contributed by atoms with E-state index < -0.39 is 0 Å². The number of ether oxygens (including phenoxy) is 2. The summed E-state index contributed by atoms with van der Waals surface area (Å²) in [5.41, 5.74) is 8.33. The molecule has 0 radical (unpaired) electrons. The van der Waals surface area contributed by atoms with Crippen molar-refractivity contribution in [1.29, 1.82) is 0 Å². The molecule has 0 spiro atoms.